The maximum absolute atomic E-state index is 12.9. The predicted molar refractivity (Wildman–Crippen MR) is 106 cm³/mol. The number of hydrogen-bond donors (Lipinski definition) is 1. The number of piperidine rings is 2. The third-order valence-corrected chi connectivity index (χ3v) is 6.03. The Kier molecular flexibility index (Phi) is 8.48. The van der Waals surface area contributed by atoms with Crippen LogP contribution in [0.15, 0.2) is 0 Å². The highest BCUT2D eigenvalue weighted by Gasteiger charge is 2.34. The summed E-state index contributed by atoms with van der Waals surface area (Å²) in [4.78, 5) is 31.5. The van der Waals surface area contributed by atoms with Crippen molar-refractivity contribution in [3.05, 3.63) is 0 Å². The molecule has 3 aliphatic rings. The zero-order chi connectivity index (χ0) is 17.6. The highest BCUT2D eigenvalue weighted by molar-refractivity contribution is 5.85. The minimum atomic E-state index is 0. The van der Waals surface area contributed by atoms with Crippen LogP contribution in [0.3, 0.4) is 0 Å². The van der Waals surface area contributed by atoms with Crippen LogP contribution in [0, 0.1) is 11.8 Å². The number of hydrogen-bond acceptors (Lipinski definition) is 3. The molecular weight excluding hydrogens is 352 g/mol. The third kappa shape index (κ3) is 5.26. The van der Waals surface area contributed by atoms with E-state index in [4.69, 9.17) is 0 Å². The van der Waals surface area contributed by atoms with E-state index in [0.717, 1.165) is 84.3 Å². The first kappa shape index (κ1) is 21.3. The van der Waals surface area contributed by atoms with Gasteiger partial charge in [-0.1, -0.05) is 6.92 Å². The Labute approximate surface area is 164 Å². The van der Waals surface area contributed by atoms with Crippen molar-refractivity contribution in [1.29, 1.82) is 0 Å². The number of urea groups is 1. The standard InChI is InChI=1S/C19H34N4O2.ClH/c1-2-20-14-16-7-12-21(13-8-16)18(24)17-6-5-11-23(15-17)19(25)22-9-3-4-10-22;/h16-17,20H,2-15H2,1H3;1H. The van der Waals surface area contributed by atoms with Crippen LogP contribution in [-0.4, -0.2) is 79.0 Å². The Bertz CT molecular complexity index is 462. The minimum Gasteiger partial charge on any atom is -0.342 e. The first-order valence-electron chi connectivity index (χ1n) is 10.2. The Morgan fingerprint density at radius 2 is 1.54 bits per heavy atom. The van der Waals surface area contributed by atoms with Gasteiger partial charge in [0.2, 0.25) is 5.91 Å². The lowest BCUT2D eigenvalue weighted by Gasteiger charge is -2.38. The van der Waals surface area contributed by atoms with E-state index in [1.54, 1.807) is 0 Å². The highest BCUT2D eigenvalue weighted by atomic mass is 35.5. The maximum Gasteiger partial charge on any atom is 0.320 e. The van der Waals surface area contributed by atoms with Gasteiger partial charge in [0.25, 0.3) is 0 Å². The Morgan fingerprint density at radius 1 is 0.885 bits per heavy atom. The largest absolute Gasteiger partial charge is 0.342 e. The number of rotatable bonds is 4. The summed E-state index contributed by atoms with van der Waals surface area (Å²) in [6.45, 7) is 9.17. The summed E-state index contributed by atoms with van der Waals surface area (Å²) < 4.78 is 0. The smallest absolute Gasteiger partial charge is 0.320 e. The molecule has 3 saturated heterocycles. The van der Waals surface area contributed by atoms with Gasteiger partial charge in [0.05, 0.1) is 5.92 Å². The van der Waals surface area contributed by atoms with E-state index >= 15 is 0 Å². The van der Waals surface area contributed by atoms with Gasteiger partial charge < -0.3 is 20.0 Å². The van der Waals surface area contributed by atoms with Crippen LogP contribution in [0.4, 0.5) is 4.79 Å². The molecule has 3 heterocycles. The minimum absolute atomic E-state index is 0. The fraction of sp³-hybridized carbons (Fsp3) is 0.895. The lowest BCUT2D eigenvalue weighted by molar-refractivity contribution is -0.138. The van der Waals surface area contributed by atoms with E-state index in [2.05, 4.69) is 17.1 Å². The van der Waals surface area contributed by atoms with Gasteiger partial charge in [0.1, 0.15) is 0 Å². The van der Waals surface area contributed by atoms with Crippen molar-refractivity contribution in [2.24, 2.45) is 11.8 Å². The summed E-state index contributed by atoms with van der Waals surface area (Å²) in [6.07, 6.45) is 6.31. The third-order valence-electron chi connectivity index (χ3n) is 6.03. The maximum atomic E-state index is 12.9. The van der Waals surface area contributed by atoms with Crippen molar-refractivity contribution < 1.29 is 9.59 Å². The van der Waals surface area contributed by atoms with Gasteiger partial charge in [0.15, 0.2) is 0 Å². The molecule has 0 bridgehead atoms. The lowest BCUT2D eigenvalue weighted by Crippen LogP contribution is -2.51. The number of halogens is 1. The van der Waals surface area contributed by atoms with Crippen LogP contribution in [0.25, 0.3) is 0 Å². The molecule has 0 saturated carbocycles. The summed E-state index contributed by atoms with van der Waals surface area (Å²) in [7, 11) is 0. The van der Waals surface area contributed by atoms with Gasteiger partial charge in [-0.25, -0.2) is 4.79 Å². The molecule has 26 heavy (non-hydrogen) atoms. The molecule has 3 fully saturated rings. The molecule has 6 nitrogen and oxygen atoms in total. The molecule has 7 heteroatoms. The van der Waals surface area contributed by atoms with Crippen LogP contribution >= 0.6 is 12.4 Å². The SMILES string of the molecule is CCNCC1CCN(C(=O)C2CCCN(C(=O)N3CCCC3)C2)CC1.Cl. The van der Waals surface area contributed by atoms with Gasteiger partial charge in [-0.3, -0.25) is 4.79 Å². The molecule has 0 aliphatic carbocycles. The molecule has 3 rings (SSSR count). The van der Waals surface area contributed by atoms with E-state index in [1.807, 2.05) is 9.80 Å². The van der Waals surface area contributed by atoms with Crippen LogP contribution < -0.4 is 5.32 Å². The monoisotopic (exact) mass is 386 g/mol. The fourth-order valence-electron chi connectivity index (χ4n) is 4.43. The molecule has 0 spiro atoms. The Morgan fingerprint density at radius 3 is 2.19 bits per heavy atom. The number of carbonyl (C=O) groups is 2. The summed E-state index contributed by atoms with van der Waals surface area (Å²) in [6, 6.07) is 0.152. The summed E-state index contributed by atoms with van der Waals surface area (Å²) in [5.74, 6) is 0.982. The molecule has 0 aromatic rings. The van der Waals surface area contributed by atoms with Gasteiger partial charge in [-0.2, -0.15) is 0 Å². The van der Waals surface area contributed by atoms with E-state index in [1.165, 1.54) is 0 Å². The first-order valence-corrected chi connectivity index (χ1v) is 10.2. The molecule has 1 unspecified atom stereocenters. The predicted octanol–water partition coefficient (Wildman–Crippen LogP) is 2.18. The molecule has 0 aromatic carbocycles. The molecule has 150 valence electrons. The second-order valence-corrected chi connectivity index (χ2v) is 7.84. The van der Waals surface area contributed by atoms with Crippen molar-refractivity contribution in [3.63, 3.8) is 0 Å². The number of likely N-dealkylation sites (tertiary alicyclic amines) is 3. The van der Waals surface area contributed by atoms with Crippen molar-refractivity contribution in [2.75, 3.05) is 52.4 Å². The molecule has 1 atom stereocenters. The summed E-state index contributed by atoms with van der Waals surface area (Å²) in [5, 5.41) is 3.42. The van der Waals surface area contributed by atoms with Gasteiger partial charge in [-0.15, -0.1) is 12.4 Å². The van der Waals surface area contributed by atoms with Gasteiger partial charge in [-0.05, 0) is 57.5 Å². The highest BCUT2D eigenvalue weighted by Crippen LogP contribution is 2.24. The number of nitrogens with one attached hydrogen (secondary N) is 1. The van der Waals surface area contributed by atoms with E-state index < -0.39 is 0 Å². The first-order chi connectivity index (χ1) is 12.2. The molecule has 1 N–H and O–H groups in total. The van der Waals surface area contributed by atoms with Crippen molar-refractivity contribution in [3.8, 4) is 0 Å². The van der Waals surface area contributed by atoms with E-state index in [-0.39, 0.29) is 30.3 Å². The van der Waals surface area contributed by atoms with Crippen LogP contribution in [0.1, 0.15) is 45.4 Å². The Hall–Kier alpha value is -1.01. The fourth-order valence-corrected chi connectivity index (χ4v) is 4.43. The quantitative estimate of drug-likeness (QED) is 0.805. The van der Waals surface area contributed by atoms with E-state index in [0.29, 0.717) is 12.5 Å². The van der Waals surface area contributed by atoms with E-state index in [9.17, 15) is 9.59 Å². The van der Waals surface area contributed by atoms with Crippen LogP contribution in [0.2, 0.25) is 0 Å². The zero-order valence-electron chi connectivity index (χ0n) is 16.1. The van der Waals surface area contributed by atoms with Crippen molar-refractivity contribution in [2.45, 2.75) is 45.4 Å². The van der Waals surface area contributed by atoms with Crippen LogP contribution in [0.5, 0.6) is 0 Å². The average molecular weight is 387 g/mol. The zero-order valence-corrected chi connectivity index (χ0v) is 16.9. The van der Waals surface area contributed by atoms with Gasteiger partial charge in [0, 0.05) is 39.3 Å². The van der Waals surface area contributed by atoms with Crippen LogP contribution in [-0.2, 0) is 4.79 Å². The number of carbonyl (C=O) groups excluding carboxylic acids is 2. The topological polar surface area (TPSA) is 55.9 Å². The number of nitrogens with zero attached hydrogens (tertiary/aromatic N) is 3. The molecular formula is C19H35ClN4O2. The summed E-state index contributed by atoms with van der Waals surface area (Å²) in [5.41, 5.74) is 0. The molecule has 3 amide bonds. The molecule has 0 radical (unpaired) electrons. The number of amides is 3. The average Bonchev–Trinajstić information content (AvgIpc) is 3.20. The lowest BCUT2D eigenvalue weighted by atomic mass is 9.93. The molecule has 3 aliphatic heterocycles. The van der Waals surface area contributed by atoms with Crippen molar-refractivity contribution >= 4 is 24.3 Å². The Balaban J connectivity index is 0.00000243. The normalized spacial score (nSPS) is 24.5. The van der Waals surface area contributed by atoms with Gasteiger partial charge >= 0.3 is 6.03 Å². The molecule has 0 aromatic heterocycles. The summed E-state index contributed by atoms with van der Waals surface area (Å²) >= 11 is 0. The van der Waals surface area contributed by atoms with Crippen molar-refractivity contribution in [1.82, 2.24) is 20.0 Å². The second-order valence-electron chi connectivity index (χ2n) is 7.84. The second kappa shape index (κ2) is 10.4.